The molecule has 11 heavy (non-hydrogen) atoms. The van der Waals surface area contributed by atoms with Crippen LogP contribution in [0.2, 0.25) is 0 Å². The molecular formula is C8H13NO2. The van der Waals surface area contributed by atoms with Crippen LogP contribution in [0.4, 0.5) is 0 Å². The topological polar surface area (TPSA) is 52.3 Å². The van der Waals surface area contributed by atoms with E-state index in [4.69, 9.17) is 10.5 Å². The molecular weight excluding hydrogens is 142 g/mol. The maximum absolute atomic E-state index is 11.0. The molecule has 3 nitrogen and oxygen atoms in total. The minimum atomic E-state index is -0.190. The maximum atomic E-state index is 11.0. The van der Waals surface area contributed by atoms with Gasteiger partial charge in [-0.25, -0.2) is 0 Å². The molecule has 1 aliphatic carbocycles. The number of nitrogens with two attached hydrogens (primary N) is 1. The summed E-state index contributed by atoms with van der Waals surface area (Å²) < 4.78 is 4.80. The monoisotopic (exact) mass is 155 g/mol. The van der Waals surface area contributed by atoms with Gasteiger partial charge in [-0.15, -0.1) is 6.58 Å². The van der Waals surface area contributed by atoms with E-state index in [1.54, 1.807) is 13.0 Å². The Balaban J connectivity index is 2.39. The first-order valence-electron chi connectivity index (χ1n) is 3.77. The number of hydrogen-bond donors (Lipinski definition) is 1. The Morgan fingerprint density at radius 2 is 2.45 bits per heavy atom. The van der Waals surface area contributed by atoms with E-state index < -0.39 is 0 Å². The first kappa shape index (κ1) is 8.27. The molecule has 1 saturated carbocycles. The largest absolute Gasteiger partial charge is 0.466 e. The van der Waals surface area contributed by atoms with Crippen molar-refractivity contribution in [1.29, 1.82) is 0 Å². The van der Waals surface area contributed by atoms with E-state index in [1.807, 2.05) is 0 Å². The summed E-state index contributed by atoms with van der Waals surface area (Å²) in [5.74, 6) is -0.189. The lowest BCUT2D eigenvalue weighted by molar-refractivity contribution is -0.144. The van der Waals surface area contributed by atoms with Crippen LogP contribution in [0, 0.1) is 11.8 Å². The first-order valence-corrected chi connectivity index (χ1v) is 3.77. The molecule has 0 aromatic heterocycles. The number of hydrogen-bond acceptors (Lipinski definition) is 3. The van der Waals surface area contributed by atoms with E-state index in [0.29, 0.717) is 6.61 Å². The van der Waals surface area contributed by atoms with Gasteiger partial charge in [0.25, 0.3) is 0 Å². The van der Waals surface area contributed by atoms with Crippen LogP contribution in [0.3, 0.4) is 0 Å². The average molecular weight is 155 g/mol. The Bertz CT molecular complexity index is 179. The zero-order valence-electron chi connectivity index (χ0n) is 6.62. The van der Waals surface area contributed by atoms with Crippen LogP contribution in [-0.4, -0.2) is 18.6 Å². The standard InChI is InChI=1S/C8H13NO2/c1-3-5-6(7(5)9)8(10)11-4-2/h3,5-7H,1,4,9H2,2H3/t5-,6?,7+/m0/s1. The molecule has 62 valence electrons. The summed E-state index contributed by atoms with van der Waals surface area (Å²) in [4.78, 5) is 11.0. The Kier molecular flexibility index (Phi) is 2.29. The molecule has 0 heterocycles. The third-order valence-corrected chi connectivity index (χ3v) is 1.96. The van der Waals surface area contributed by atoms with Crippen LogP contribution < -0.4 is 5.73 Å². The fourth-order valence-corrected chi connectivity index (χ4v) is 1.22. The van der Waals surface area contributed by atoms with Crippen molar-refractivity contribution >= 4 is 5.97 Å². The molecule has 3 atom stereocenters. The highest BCUT2D eigenvalue weighted by Crippen LogP contribution is 2.38. The minimum Gasteiger partial charge on any atom is -0.466 e. The van der Waals surface area contributed by atoms with Crippen molar-refractivity contribution in [3.63, 3.8) is 0 Å². The van der Waals surface area contributed by atoms with Crippen LogP contribution in [-0.2, 0) is 9.53 Å². The fraction of sp³-hybridized carbons (Fsp3) is 0.625. The van der Waals surface area contributed by atoms with Gasteiger partial charge in [-0.3, -0.25) is 4.79 Å². The summed E-state index contributed by atoms with van der Waals surface area (Å²) in [6.45, 7) is 5.79. The van der Waals surface area contributed by atoms with Crippen LogP contribution >= 0.6 is 0 Å². The van der Waals surface area contributed by atoms with Crippen LogP contribution in [0.1, 0.15) is 6.92 Å². The van der Waals surface area contributed by atoms with Crippen molar-refractivity contribution in [1.82, 2.24) is 0 Å². The van der Waals surface area contributed by atoms with E-state index in [1.165, 1.54) is 0 Å². The highest BCUT2D eigenvalue weighted by Gasteiger charge is 2.51. The molecule has 0 spiro atoms. The Hall–Kier alpha value is -0.830. The Morgan fingerprint density at radius 3 is 2.82 bits per heavy atom. The second-order valence-corrected chi connectivity index (χ2v) is 2.67. The molecule has 0 amide bonds. The lowest BCUT2D eigenvalue weighted by atomic mass is 10.3. The molecule has 2 N–H and O–H groups in total. The summed E-state index contributed by atoms with van der Waals surface area (Å²) in [5.41, 5.74) is 5.58. The maximum Gasteiger partial charge on any atom is 0.311 e. The van der Waals surface area contributed by atoms with E-state index in [2.05, 4.69) is 6.58 Å². The molecule has 0 radical (unpaired) electrons. The van der Waals surface area contributed by atoms with Gasteiger partial charge in [0.1, 0.15) is 0 Å². The van der Waals surface area contributed by atoms with Gasteiger partial charge in [-0.2, -0.15) is 0 Å². The van der Waals surface area contributed by atoms with Crippen molar-refractivity contribution in [2.24, 2.45) is 17.6 Å². The number of carbonyl (C=O) groups is 1. The SMILES string of the molecule is C=C[C@H]1C(C(=O)OCC)[C@@H]1N. The van der Waals surface area contributed by atoms with Crippen molar-refractivity contribution in [3.8, 4) is 0 Å². The third-order valence-electron chi connectivity index (χ3n) is 1.96. The quantitative estimate of drug-likeness (QED) is 0.471. The fourth-order valence-electron chi connectivity index (χ4n) is 1.22. The van der Waals surface area contributed by atoms with Gasteiger partial charge in [0, 0.05) is 12.0 Å². The highest BCUT2D eigenvalue weighted by molar-refractivity contribution is 5.78. The predicted octanol–water partition coefficient (Wildman–Crippen LogP) is 0.309. The second-order valence-electron chi connectivity index (χ2n) is 2.67. The predicted molar refractivity (Wildman–Crippen MR) is 41.8 cm³/mol. The van der Waals surface area contributed by atoms with E-state index >= 15 is 0 Å². The second kappa shape index (κ2) is 3.05. The normalized spacial score (nSPS) is 34.5. The van der Waals surface area contributed by atoms with Crippen molar-refractivity contribution in [2.75, 3.05) is 6.61 Å². The van der Waals surface area contributed by atoms with Crippen LogP contribution in [0.5, 0.6) is 0 Å². The lowest BCUT2D eigenvalue weighted by Gasteiger charge is -1.97. The first-order chi connectivity index (χ1) is 5.22. The molecule has 0 saturated heterocycles. The zero-order chi connectivity index (χ0) is 8.43. The zero-order valence-corrected chi connectivity index (χ0v) is 6.62. The van der Waals surface area contributed by atoms with E-state index in [-0.39, 0.29) is 23.8 Å². The summed E-state index contributed by atoms with van der Waals surface area (Å²) in [6, 6.07) is -0.0634. The molecule has 3 heteroatoms. The molecule has 0 aromatic rings. The van der Waals surface area contributed by atoms with Crippen LogP contribution in [0.25, 0.3) is 0 Å². The summed E-state index contributed by atoms with van der Waals surface area (Å²) in [7, 11) is 0. The number of rotatable bonds is 3. The summed E-state index contributed by atoms with van der Waals surface area (Å²) >= 11 is 0. The van der Waals surface area contributed by atoms with Crippen molar-refractivity contribution in [2.45, 2.75) is 13.0 Å². The number of ether oxygens (including phenoxy) is 1. The summed E-state index contributed by atoms with van der Waals surface area (Å²) in [5, 5.41) is 0. The third kappa shape index (κ3) is 1.43. The molecule has 1 rings (SSSR count). The smallest absolute Gasteiger partial charge is 0.311 e. The van der Waals surface area contributed by atoms with Gasteiger partial charge in [-0.05, 0) is 6.92 Å². The van der Waals surface area contributed by atoms with Crippen LogP contribution in [0.15, 0.2) is 12.7 Å². The van der Waals surface area contributed by atoms with Crippen molar-refractivity contribution in [3.05, 3.63) is 12.7 Å². The van der Waals surface area contributed by atoms with Gasteiger partial charge in [0.05, 0.1) is 12.5 Å². The van der Waals surface area contributed by atoms with Gasteiger partial charge in [0.15, 0.2) is 0 Å². The van der Waals surface area contributed by atoms with Gasteiger partial charge in [-0.1, -0.05) is 6.08 Å². The number of carbonyl (C=O) groups excluding carboxylic acids is 1. The lowest BCUT2D eigenvalue weighted by Crippen LogP contribution is -2.13. The Morgan fingerprint density at radius 1 is 1.82 bits per heavy atom. The molecule has 0 aliphatic heterocycles. The van der Waals surface area contributed by atoms with E-state index in [9.17, 15) is 4.79 Å². The van der Waals surface area contributed by atoms with Crippen molar-refractivity contribution < 1.29 is 9.53 Å². The summed E-state index contributed by atoms with van der Waals surface area (Å²) in [6.07, 6.45) is 1.71. The molecule has 1 aliphatic rings. The molecule has 1 fully saturated rings. The number of esters is 1. The molecule has 0 aromatic carbocycles. The van der Waals surface area contributed by atoms with E-state index in [0.717, 1.165) is 0 Å². The minimum absolute atomic E-state index is 0.0634. The van der Waals surface area contributed by atoms with Gasteiger partial charge in [0.2, 0.25) is 0 Å². The molecule has 0 bridgehead atoms. The average Bonchev–Trinajstić information content (AvgIpc) is 2.61. The highest BCUT2D eigenvalue weighted by atomic mass is 16.5. The van der Waals surface area contributed by atoms with Gasteiger partial charge < -0.3 is 10.5 Å². The molecule has 1 unspecified atom stereocenters. The Labute approximate surface area is 66.2 Å². The van der Waals surface area contributed by atoms with Gasteiger partial charge >= 0.3 is 5.97 Å².